The number of pyridine rings is 1. The summed E-state index contributed by atoms with van der Waals surface area (Å²) in [7, 11) is 0. The van der Waals surface area contributed by atoms with Gasteiger partial charge in [0, 0.05) is 10.6 Å². The Kier molecular flexibility index (Phi) is 3.92. The molecule has 0 aliphatic heterocycles. The second-order valence-corrected chi connectivity index (χ2v) is 6.38. The third kappa shape index (κ3) is 2.93. The molecule has 0 spiro atoms. The van der Waals surface area contributed by atoms with Gasteiger partial charge in [0.1, 0.15) is 11.4 Å². The first-order valence-corrected chi connectivity index (χ1v) is 8.06. The Bertz CT molecular complexity index is 679. The Balaban J connectivity index is 1.89. The highest BCUT2D eigenvalue weighted by molar-refractivity contribution is 7.10. The average molecular weight is 302 g/mol. The van der Waals surface area contributed by atoms with Gasteiger partial charge in [-0.25, -0.2) is 9.78 Å². The van der Waals surface area contributed by atoms with E-state index in [1.54, 1.807) is 17.4 Å². The molecule has 3 rings (SSSR count). The first-order valence-electron chi connectivity index (χ1n) is 7.18. The van der Waals surface area contributed by atoms with E-state index < -0.39 is 5.97 Å². The lowest BCUT2D eigenvalue weighted by Gasteiger charge is -2.18. The fraction of sp³-hybridized carbons (Fsp3) is 0.375. The van der Waals surface area contributed by atoms with Crippen LogP contribution in [0.3, 0.4) is 0 Å². The maximum absolute atomic E-state index is 11.5. The van der Waals surface area contributed by atoms with Crippen molar-refractivity contribution in [3.8, 4) is 0 Å². The monoisotopic (exact) mass is 302 g/mol. The molecule has 2 aromatic heterocycles. The number of thiophene rings is 1. The Morgan fingerprint density at radius 2 is 2.24 bits per heavy atom. The average Bonchev–Trinajstić information content (AvgIpc) is 2.89. The Morgan fingerprint density at radius 3 is 2.95 bits per heavy atom. The Morgan fingerprint density at radius 1 is 1.43 bits per heavy atom. The van der Waals surface area contributed by atoms with Gasteiger partial charge < -0.3 is 10.4 Å². The molecule has 2 N–H and O–H groups in total. The van der Waals surface area contributed by atoms with Crippen molar-refractivity contribution in [1.29, 1.82) is 0 Å². The number of hydrogen-bond donors (Lipinski definition) is 2. The molecule has 0 radical (unpaired) electrons. The summed E-state index contributed by atoms with van der Waals surface area (Å²) in [5.74, 6) is -0.419. The molecule has 5 heteroatoms. The number of aromatic carboxylic acids is 1. The fourth-order valence-electron chi connectivity index (χ4n) is 2.68. The summed E-state index contributed by atoms with van der Waals surface area (Å²) >= 11 is 1.67. The first kappa shape index (κ1) is 14.1. The van der Waals surface area contributed by atoms with Gasteiger partial charge in [-0.2, -0.15) is 0 Å². The molecule has 0 atom stereocenters. The smallest absolute Gasteiger partial charge is 0.339 e. The fourth-order valence-corrected chi connectivity index (χ4v) is 3.53. The minimum absolute atomic E-state index is 0.282. The van der Waals surface area contributed by atoms with E-state index in [0.717, 1.165) is 36.9 Å². The number of carbonyl (C=O) groups is 1. The largest absolute Gasteiger partial charge is 0.478 e. The number of nitrogens with zero attached hydrogens (tertiary/aromatic N) is 1. The number of fused-ring (bicyclic) bond motifs is 1. The van der Waals surface area contributed by atoms with Gasteiger partial charge in [0.25, 0.3) is 0 Å². The van der Waals surface area contributed by atoms with Crippen LogP contribution in [0.4, 0.5) is 5.82 Å². The summed E-state index contributed by atoms with van der Waals surface area (Å²) in [6, 6.07) is 3.87. The standard InChI is InChI=1S/C16H18N2O2S/c1-10-6-7-21-14(10)9-17-15-12(16(19)20)8-11-4-2-3-5-13(11)18-15/h6-8H,2-5,9H2,1H3,(H,17,18)(H,19,20). The van der Waals surface area contributed by atoms with Crippen molar-refractivity contribution in [3.05, 3.63) is 44.8 Å². The highest BCUT2D eigenvalue weighted by Gasteiger charge is 2.18. The van der Waals surface area contributed by atoms with Crippen LogP contribution in [0.5, 0.6) is 0 Å². The molecule has 0 unspecified atom stereocenters. The van der Waals surface area contributed by atoms with E-state index in [1.165, 1.54) is 10.4 Å². The Hall–Kier alpha value is -1.88. The zero-order valence-electron chi connectivity index (χ0n) is 12.0. The first-order chi connectivity index (χ1) is 10.1. The number of nitrogens with one attached hydrogen (secondary N) is 1. The Labute approximate surface area is 127 Å². The van der Waals surface area contributed by atoms with E-state index in [-0.39, 0.29) is 5.56 Å². The normalized spacial score (nSPS) is 13.8. The molecular weight excluding hydrogens is 284 g/mol. The molecule has 0 saturated carbocycles. The SMILES string of the molecule is Cc1ccsc1CNc1nc2c(cc1C(=O)O)CCCC2. The van der Waals surface area contributed by atoms with Gasteiger partial charge in [-0.1, -0.05) is 0 Å². The van der Waals surface area contributed by atoms with Gasteiger partial charge in [0.15, 0.2) is 0 Å². The van der Waals surface area contributed by atoms with E-state index in [0.29, 0.717) is 12.4 Å². The van der Waals surface area contributed by atoms with Crippen molar-refractivity contribution in [2.45, 2.75) is 39.2 Å². The number of carboxylic acid groups (broad SMARTS) is 1. The minimum atomic E-state index is -0.915. The van der Waals surface area contributed by atoms with Gasteiger partial charge in [-0.3, -0.25) is 0 Å². The molecule has 0 fully saturated rings. The molecule has 0 amide bonds. The van der Waals surface area contributed by atoms with Crippen molar-refractivity contribution in [2.75, 3.05) is 5.32 Å². The molecule has 0 bridgehead atoms. The lowest BCUT2D eigenvalue weighted by molar-refractivity contribution is 0.0697. The molecule has 0 saturated heterocycles. The third-order valence-corrected chi connectivity index (χ3v) is 4.94. The van der Waals surface area contributed by atoms with Crippen molar-refractivity contribution in [3.63, 3.8) is 0 Å². The minimum Gasteiger partial charge on any atom is -0.478 e. The summed E-state index contributed by atoms with van der Waals surface area (Å²) in [6.07, 6.45) is 4.14. The second kappa shape index (κ2) is 5.85. The van der Waals surface area contributed by atoms with Gasteiger partial charge >= 0.3 is 5.97 Å². The van der Waals surface area contributed by atoms with Crippen molar-refractivity contribution in [2.24, 2.45) is 0 Å². The molecule has 4 nitrogen and oxygen atoms in total. The van der Waals surface area contributed by atoms with Gasteiger partial charge in [-0.05, 0) is 61.2 Å². The zero-order chi connectivity index (χ0) is 14.8. The van der Waals surface area contributed by atoms with Crippen LogP contribution in [-0.4, -0.2) is 16.1 Å². The maximum Gasteiger partial charge on any atom is 0.339 e. The number of rotatable bonds is 4. The van der Waals surface area contributed by atoms with E-state index in [1.807, 2.05) is 5.38 Å². The van der Waals surface area contributed by atoms with Crippen LogP contribution in [-0.2, 0) is 19.4 Å². The predicted molar refractivity (Wildman–Crippen MR) is 84.2 cm³/mol. The quantitative estimate of drug-likeness (QED) is 0.905. The zero-order valence-corrected chi connectivity index (χ0v) is 12.8. The highest BCUT2D eigenvalue weighted by atomic mass is 32.1. The number of aryl methyl sites for hydroxylation is 3. The van der Waals surface area contributed by atoms with Crippen LogP contribution >= 0.6 is 11.3 Å². The molecule has 2 aromatic rings. The van der Waals surface area contributed by atoms with Crippen molar-refractivity contribution < 1.29 is 9.90 Å². The second-order valence-electron chi connectivity index (χ2n) is 5.38. The lowest BCUT2D eigenvalue weighted by atomic mass is 9.94. The van der Waals surface area contributed by atoms with E-state index >= 15 is 0 Å². The van der Waals surface area contributed by atoms with Crippen molar-refractivity contribution >= 4 is 23.1 Å². The van der Waals surface area contributed by atoms with Gasteiger partial charge in [0.05, 0.1) is 6.54 Å². The number of carboxylic acids is 1. The van der Waals surface area contributed by atoms with E-state index in [4.69, 9.17) is 0 Å². The van der Waals surface area contributed by atoms with Crippen LogP contribution in [0.1, 0.15) is 44.9 Å². The van der Waals surface area contributed by atoms with Crippen LogP contribution in [0, 0.1) is 6.92 Å². The molecule has 2 heterocycles. The molecule has 1 aliphatic rings. The lowest BCUT2D eigenvalue weighted by Crippen LogP contribution is -2.14. The van der Waals surface area contributed by atoms with Crippen LogP contribution in [0.2, 0.25) is 0 Å². The number of hydrogen-bond acceptors (Lipinski definition) is 4. The topological polar surface area (TPSA) is 62.2 Å². The highest BCUT2D eigenvalue weighted by Crippen LogP contribution is 2.26. The summed E-state index contributed by atoms with van der Waals surface area (Å²) < 4.78 is 0. The number of aromatic nitrogens is 1. The van der Waals surface area contributed by atoms with Gasteiger partial charge in [-0.15, -0.1) is 11.3 Å². The van der Waals surface area contributed by atoms with Crippen molar-refractivity contribution in [1.82, 2.24) is 4.98 Å². The molecule has 21 heavy (non-hydrogen) atoms. The summed E-state index contributed by atoms with van der Waals surface area (Å²) in [5.41, 5.74) is 3.65. The third-order valence-electron chi connectivity index (χ3n) is 3.92. The number of anilines is 1. The summed E-state index contributed by atoms with van der Waals surface area (Å²) in [4.78, 5) is 17.2. The summed E-state index contributed by atoms with van der Waals surface area (Å²) in [5, 5.41) is 14.7. The van der Waals surface area contributed by atoms with Crippen LogP contribution in [0.25, 0.3) is 0 Å². The van der Waals surface area contributed by atoms with Gasteiger partial charge in [0.2, 0.25) is 0 Å². The van der Waals surface area contributed by atoms with E-state index in [9.17, 15) is 9.90 Å². The molecular formula is C16H18N2O2S. The van der Waals surface area contributed by atoms with E-state index in [2.05, 4.69) is 23.3 Å². The predicted octanol–water partition coefficient (Wildman–Crippen LogP) is 3.64. The van der Waals surface area contributed by atoms with Crippen LogP contribution in [0.15, 0.2) is 17.5 Å². The maximum atomic E-state index is 11.5. The molecule has 1 aliphatic carbocycles. The molecule has 0 aromatic carbocycles. The van der Waals surface area contributed by atoms with Crippen LogP contribution < -0.4 is 5.32 Å². The summed E-state index contributed by atoms with van der Waals surface area (Å²) in [6.45, 7) is 2.68. The molecule has 110 valence electrons.